The molecule has 3 aromatic rings. The molecular formula is C17H18N2OS. The van der Waals surface area contributed by atoms with Crippen molar-refractivity contribution in [3.05, 3.63) is 69.1 Å². The van der Waals surface area contributed by atoms with Crippen LogP contribution in [0.2, 0.25) is 0 Å². The minimum atomic E-state index is 0.0850. The molecule has 108 valence electrons. The van der Waals surface area contributed by atoms with Gasteiger partial charge in [0.05, 0.1) is 5.52 Å². The maximum atomic E-state index is 11.8. The molecule has 1 N–H and O–H groups in total. The number of fused-ring (bicyclic) bond motifs is 1. The fraction of sp³-hybridized carbons (Fsp3) is 0.235. The first-order valence-corrected chi connectivity index (χ1v) is 7.98. The van der Waals surface area contributed by atoms with Crippen molar-refractivity contribution in [1.29, 1.82) is 0 Å². The van der Waals surface area contributed by atoms with Gasteiger partial charge in [-0.2, -0.15) is 0 Å². The summed E-state index contributed by atoms with van der Waals surface area (Å²) in [7, 11) is 0. The van der Waals surface area contributed by atoms with Gasteiger partial charge < -0.3 is 9.88 Å². The normalized spacial score (nSPS) is 12.6. The highest BCUT2D eigenvalue weighted by Crippen LogP contribution is 2.17. The van der Waals surface area contributed by atoms with Crippen LogP contribution in [-0.2, 0) is 6.54 Å². The SMILES string of the molecule is CC(NCCn1ccc(=O)c2ccccc21)c1cccs1. The molecule has 0 spiro atoms. The summed E-state index contributed by atoms with van der Waals surface area (Å²) in [4.78, 5) is 13.2. The number of thiophene rings is 1. The van der Waals surface area contributed by atoms with Gasteiger partial charge in [0.1, 0.15) is 0 Å². The van der Waals surface area contributed by atoms with Crippen LogP contribution in [0.25, 0.3) is 10.9 Å². The second-order valence-electron chi connectivity index (χ2n) is 5.08. The van der Waals surface area contributed by atoms with E-state index in [1.165, 1.54) is 4.88 Å². The van der Waals surface area contributed by atoms with Crippen LogP contribution in [0.3, 0.4) is 0 Å². The molecule has 0 bridgehead atoms. The molecule has 2 heterocycles. The molecule has 3 nitrogen and oxygen atoms in total. The van der Waals surface area contributed by atoms with Crippen molar-refractivity contribution in [2.45, 2.75) is 19.5 Å². The summed E-state index contributed by atoms with van der Waals surface area (Å²) >= 11 is 1.77. The Morgan fingerprint density at radius 2 is 2.05 bits per heavy atom. The van der Waals surface area contributed by atoms with E-state index in [-0.39, 0.29) is 5.43 Å². The Kier molecular flexibility index (Phi) is 4.18. The average molecular weight is 298 g/mol. The summed E-state index contributed by atoms with van der Waals surface area (Å²) in [6, 6.07) is 14.0. The molecule has 0 saturated heterocycles. The summed E-state index contributed by atoms with van der Waals surface area (Å²) in [5.41, 5.74) is 1.08. The molecule has 1 aromatic carbocycles. The predicted octanol–water partition coefficient (Wildman–Crippen LogP) is 3.41. The number of hydrogen-bond acceptors (Lipinski definition) is 3. The Balaban J connectivity index is 1.71. The van der Waals surface area contributed by atoms with Gasteiger partial charge in [-0.05, 0) is 30.5 Å². The summed E-state index contributed by atoms with van der Waals surface area (Å²) < 4.78 is 2.13. The van der Waals surface area contributed by atoms with Crippen LogP contribution in [0, 0.1) is 0 Å². The van der Waals surface area contributed by atoms with Gasteiger partial charge in [-0.25, -0.2) is 0 Å². The lowest BCUT2D eigenvalue weighted by molar-refractivity contribution is 0.541. The lowest BCUT2D eigenvalue weighted by Crippen LogP contribution is -2.23. The summed E-state index contributed by atoms with van der Waals surface area (Å²) in [5, 5.41) is 6.41. The molecule has 0 fully saturated rings. The second-order valence-corrected chi connectivity index (χ2v) is 6.06. The Bertz CT molecular complexity index is 777. The highest BCUT2D eigenvalue weighted by molar-refractivity contribution is 7.10. The minimum absolute atomic E-state index is 0.0850. The fourth-order valence-corrected chi connectivity index (χ4v) is 3.25. The number of hydrogen-bond donors (Lipinski definition) is 1. The standard InChI is InChI=1S/C17H18N2OS/c1-13(17-7-4-12-21-17)18-9-11-19-10-8-16(20)14-5-2-3-6-15(14)19/h2-8,10,12-13,18H,9,11H2,1H3. The van der Waals surface area contributed by atoms with Crippen molar-refractivity contribution in [3.8, 4) is 0 Å². The van der Waals surface area contributed by atoms with Crippen LogP contribution >= 0.6 is 11.3 Å². The third-order valence-electron chi connectivity index (χ3n) is 3.66. The Morgan fingerprint density at radius 3 is 2.86 bits per heavy atom. The van der Waals surface area contributed by atoms with Crippen LogP contribution < -0.4 is 10.7 Å². The molecule has 0 radical (unpaired) electrons. The van der Waals surface area contributed by atoms with Crippen molar-refractivity contribution in [1.82, 2.24) is 9.88 Å². The van der Waals surface area contributed by atoms with E-state index in [2.05, 4.69) is 34.3 Å². The van der Waals surface area contributed by atoms with Gasteiger partial charge in [-0.3, -0.25) is 4.79 Å². The smallest absolute Gasteiger partial charge is 0.189 e. The number of para-hydroxylation sites is 1. The second kappa shape index (κ2) is 6.24. The molecule has 0 saturated carbocycles. The molecule has 0 amide bonds. The van der Waals surface area contributed by atoms with Gasteiger partial charge in [0, 0.05) is 41.7 Å². The van der Waals surface area contributed by atoms with E-state index in [1.807, 2.05) is 30.5 Å². The zero-order valence-electron chi connectivity index (χ0n) is 12.0. The van der Waals surface area contributed by atoms with Gasteiger partial charge >= 0.3 is 0 Å². The zero-order valence-corrected chi connectivity index (χ0v) is 12.8. The van der Waals surface area contributed by atoms with Crippen molar-refractivity contribution in [2.24, 2.45) is 0 Å². The Labute approximate surface area is 127 Å². The minimum Gasteiger partial charge on any atom is -0.346 e. The van der Waals surface area contributed by atoms with Crippen molar-refractivity contribution in [3.63, 3.8) is 0 Å². The molecule has 2 aromatic heterocycles. The lowest BCUT2D eigenvalue weighted by Gasteiger charge is -2.14. The molecular weight excluding hydrogens is 280 g/mol. The molecule has 0 aliphatic rings. The Hall–Kier alpha value is -1.91. The van der Waals surface area contributed by atoms with Crippen molar-refractivity contribution >= 4 is 22.2 Å². The molecule has 1 unspecified atom stereocenters. The van der Waals surface area contributed by atoms with Gasteiger partial charge in [-0.15, -0.1) is 11.3 Å². The van der Waals surface area contributed by atoms with E-state index in [0.717, 1.165) is 24.0 Å². The first-order valence-electron chi connectivity index (χ1n) is 7.10. The maximum Gasteiger partial charge on any atom is 0.189 e. The lowest BCUT2D eigenvalue weighted by atomic mass is 10.2. The number of rotatable bonds is 5. The molecule has 0 aliphatic heterocycles. The summed E-state index contributed by atoms with van der Waals surface area (Å²) in [5.74, 6) is 0. The quantitative estimate of drug-likeness (QED) is 0.783. The number of benzene rings is 1. The van der Waals surface area contributed by atoms with Crippen molar-refractivity contribution < 1.29 is 0 Å². The Morgan fingerprint density at radius 1 is 1.19 bits per heavy atom. The number of aromatic nitrogens is 1. The maximum absolute atomic E-state index is 11.8. The first-order chi connectivity index (χ1) is 10.3. The monoisotopic (exact) mass is 298 g/mol. The molecule has 1 atom stereocenters. The summed E-state index contributed by atoms with van der Waals surface area (Å²) in [6.45, 7) is 3.89. The van der Waals surface area contributed by atoms with Crippen LogP contribution in [-0.4, -0.2) is 11.1 Å². The zero-order chi connectivity index (χ0) is 14.7. The molecule has 21 heavy (non-hydrogen) atoms. The largest absolute Gasteiger partial charge is 0.346 e. The topological polar surface area (TPSA) is 34.0 Å². The number of pyridine rings is 1. The van der Waals surface area contributed by atoms with Gasteiger partial charge in [0.25, 0.3) is 0 Å². The van der Waals surface area contributed by atoms with Gasteiger partial charge in [0.15, 0.2) is 5.43 Å². The predicted molar refractivity (Wildman–Crippen MR) is 88.9 cm³/mol. The fourth-order valence-electron chi connectivity index (χ4n) is 2.49. The van der Waals surface area contributed by atoms with E-state index in [4.69, 9.17) is 0 Å². The van der Waals surface area contributed by atoms with Crippen molar-refractivity contribution in [2.75, 3.05) is 6.54 Å². The molecule has 3 rings (SSSR count). The third kappa shape index (κ3) is 3.06. The summed E-state index contributed by atoms with van der Waals surface area (Å²) in [6.07, 6.45) is 1.88. The van der Waals surface area contributed by atoms with Crippen LogP contribution in [0.1, 0.15) is 17.8 Å². The van der Waals surface area contributed by atoms with Crippen LogP contribution in [0.5, 0.6) is 0 Å². The highest BCUT2D eigenvalue weighted by atomic mass is 32.1. The molecule has 0 aliphatic carbocycles. The van der Waals surface area contributed by atoms with Crippen LogP contribution in [0.15, 0.2) is 58.8 Å². The van der Waals surface area contributed by atoms with Gasteiger partial charge in [-0.1, -0.05) is 18.2 Å². The van der Waals surface area contributed by atoms with E-state index in [9.17, 15) is 4.79 Å². The van der Waals surface area contributed by atoms with Crippen LogP contribution in [0.4, 0.5) is 0 Å². The molecule has 4 heteroatoms. The van der Waals surface area contributed by atoms with E-state index in [0.29, 0.717) is 6.04 Å². The average Bonchev–Trinajstić information content (AvgIpc) is 3.04. The highest BCUT2D eigenvalue weighted by Gasteiger charge is 2.06. The first kappa shape index (κ1) is 14.0. The number of nitrogens with one attached hydrogen (secondary N) is 1. The number of nitrogens with zero attached hydrogens (tertiary/aromatic N) is 1. The van der Waals surface area contributed by atoms with E-state index in [1.54, 1.807) is 17.4 Å². The van der Waals surface area contributed by atoms with Gasteiger partial charge in [0.2, 0.25) is 0 Å². The van der Waals surface area contributed by atoms with E-state index >= 15 is 0 Å². The third-order valence-corrected chi connectivity index (χ3v) is 4.71. The van der Waals surface area contributed by atoms with E-state index < -0.39 is 0 Å².